The first-order valence-electron chi connectivity index (χ1n) is 12.4. The number of carbonyl (C=O) groups is 1. The van der Waals surface area contributed by atoms with Gasteiger partial charge >= 0.3 is 0 Å². The van der Waals surface area contributed by atoms with Gasteiger partial charge in [-0.1, -0.05) is 6.08 Å². The monoisotopic (exact) mass is 475 g/mol. The molecule has 0 N–H and O–H groups in total. The largest absolute Gasteiger partial charge is 0.375 e. The lowest BCUT2D eigenvalue weighted by atomic mass is 9.93. The summed E-state index contributed by atoms with van der Waals surface area (Å²) in [7, 11) is 1.55. The van der Waals surface area contributed by atoms with Crippen LogP contribution in [0, 0.1) is 19.8 Å². The molecule has 1 fully saturated rings. The minimum atomic E-state index is 0.0304. The fourth-order valence-corrected chi connectivity index (χ4v) is 5.08. The number of nitrogens with zero attached hydrogens (tertiary/aromatic N) is 7. The Hall–Kier alpha value is -3.33. The highest BCUT2D eigenvalue weighted by molar-refractivity contribution is 5.81. The summed E-state index contributed by atoms with van der Waals surface area (Å²) in [5.74, 6) is 2.51. The quantitative estimate of drug-likeness (QED) is 0.542. The van der Waals surface area contributed by atoms with Crippen LogP contribution in [0.4, 0.5) is 5.82 Å². The number of hydrogen-bond donors (Lipinski definition) is 0. The van der Waals surface area contributed by atoms with Crippen LogP contribution in [0.25, 0.3) is 11.2 Å². The summed E-state index contributed by atoms with van der Waals surface area (Å²) < 4.78 is 6.93. The van der Waals surface area contributed by atoms with Crippen LogP contribution < -0.4 is 4.90 Å². The summed E-state index contributed by atoms with van der Waals surface area (Å²) in [6, 6.07) is 4.25. The average Bonchev–Trinajstić information content (AvgIpc) is 3.26. The highest BCUT2D eigenvalue weighted by atomic mass is 16.5. The van der Waals surface area contributed by atoms with Crippen molar-refractivity contribution in [3.63, 3.8) is 0 Å². The van der Waals surface area contributed by atoms with E-state index in [-0.39, 0.29) is 12.5 Å². The molecule has 1 saturated heterocycles. The number of carbonyl (C=O) groups excluding carboxylic acids is 1. The molecule has 0 unspecified atom stereocenters. The molecule has 0 aromatic carbocycles. The van der Waals surface area contributed by atoms with Crippen LogP contribution in [0.3, 0.4) is 0 Å². The van der Waals surface area contributed by atoms with E-state index in [0.717, 1.165) is 72.9 Å². The summed E-state index contributed by atoms with van der Waals surface area (Å²) in [5.41, 5.74) is 5.40. The first kappa shape index (κ1) is 23.4. The van der Waals surface area contributed by atoms with Crippen molar-refractivity contribution in [2.75, 3.05) is 44.8 Å². The average molecular weight is 476 g/mol. The Morgan fingerprint density at radius 2 is 1.97 bits per heavy atom. The second-order valence-corrected chi connectivity index (χ2v) is 9.63. The fraction of sp³-hybridized carbons (Fsp3) is 0.500. The number of amides is 1. The maximum Gasteiger partial charge on any atom is 0.248 e. The van der Waals surface area contributed by atoms with Crippen molar-refractivity contribution in [1.82, 2.24) is 29.5 Å². The first-order chi connectivity index (χ1) is 17.0. The molecular formula is C26H33N7O2. The van der Waals surface area contributed by atoms with E-state index in [2.05, 4.69) is 40.0 Å². The number of pyridine rings is 1. The van der Waals surface area contributed by atoms with Gasteiger partial charge in [0.05, 0.1) is 0 Å². The van der Waals surface area contributed by atoms with Gasteiger partial charge in [0.15, 0.2) is 11.5 Å². The van der Waals surface area contributed by atoms with E-state index in [9.17, 15) is 4.79 Å². The Labute approximate surface area is 205 Å². The van der Waals surface area contributed by atoms with Crippen molar-refractivity contribution in [3.8, 4) is 0 Å². The number of fused-ring (bicyclic) bond motifs is 1. The Morgan fingerprint density at radius 3 is 2.69 bits per heavy atom. The SMILES string of the molecule is COCC(=O)N1CC=C(c2cc(C)cn3nc(CC4CCN(c5cc(C)ncn5)CC4)nc23)CC1. The Kier molecular flexibility index (Phi) is 6.77. The molecule has 0 spiro atoms. The van der Waals surface area contributed by atoms with Crippen LogP contribution in [0.1, 0.15) is 41.9 Å². The van der Waals surface area contributed by atoms with Crippen molar-refractivity contribution in [2.45, 2.75) is 39.5 Å². The maximum absolute atomic E-state index is 12.2. The Balaban J connectivity index is 1.28. The van der Waals surface area contributed by atoms with E-state index in [1.807, 2.05) is 22.5 Å². The third-order valence-corrected chi connectivity index (χ3v) is 6.99. The zero-order valence-electron chi connectivity index (χ0n) is 20.8. The van der Waals surface area contributed by atoms with Crippen molar-refractivity contribution in [2.24, 2.45) is 5.92 Å². The maximum atomic E-state index is 12.2. The van der Waals surface area contributed by atoms with Crippen LogP contribution in [-0.2, 0) is 16.0 Å². The van der Waals surface area contributed by atoms with E-state index in [0.29, 0.717) is 19.0 Å². The molecule has 2 aliphatic rings. The van der Waals surface area contributed by atoms with E-state index < -0.39 is 0 Å². The Bertz CT molecular complexity index is 1240. The lowest BCUT2D eigenvalue weighted by Gasteiger charge is -2.32. The number of piperidine rings is 1. The van der Waals surface area contributed by atoms with Crippen molar-refractivity contribution < 1.29 is 9.53 Å². The van der Waals surface area contributed by atoms with E-state index in [1.54, 1.807) is 13.4 Å². The molecule has 0 radical (unpaired) electrons. The smallest absolute Gasteiger partial charge is 0.248 e. The molecule has 2 aliphatic heterocycles. The number of ether oxygens (including phenoxy) is 1. The summed E-state index contributed by atoms with van der Waals surface area (Å²) in [5, 5.41) is 4.84. The second kappa shape index (κ2) is 10.1. The van der Waals surface area contributed by atoms with Gasteiger partial charge in [-0.05, 0) is 56.2 Å². The molecule has 9 nitrogen and oxygen atoms in total. The summed E-state index contributed by atoms with van der Waals surface area (Å²) >= 11 is 0. The minimum absolute atomic E-state index is 0.0304. The molecule has 184 valence electrons. The predicted molar refractivity (Wildman–Crippen MR) is 134 cm³/mol. The third-order valence-electron chi connectivity index (χ3n) is 6.99. The summed E-state index contributed by atoms with van der Waals surface area (Å²) in [6.45, 7) is 7.50. The van der Waals surface area contributed by atoms with E-state index in [4.69, 9.17) is 14.8 Å². The summed E-state index contributed by atoms with van der Waals surface area (Å²) in [6.07, 6.45) is 9.72. The predicted octanol–water partition coefficient (Wildman–Crippen LogP) is 2.86. The van der Waals surface area contributed by atoms with Crippen LogP contribution >= 0.6 is 0 Å². The standard InChI is InChI=1S/C26H33N7O2/c1-18-12-22(21-6-10-32(11-7-21)25(34)16-35-3)26-29-23(30-33(26)15-18)14-20-4-8-31(9-5-20)24-13-19(2)27-17-28-24/h6,12-13,15,17,20H,4-5,7-11,14,16H2,1-3H3. The third kappa shape index (κ3) is 5.19. The van der Waals surface area contributed by atoms with Gasteiger partial charge in [0, 0.05) is 63.2 Å². The molecule has 1 amide bonds. The zero-order chi connectivity index (χ0) is 24.4. The number of anilines is 1. The zero-order valence-corrected chi connectivity index (χ0v) is 20.8. The van der Waals surface area contributed by atoms with Crippen molar-refractivity contribution in [1.29, 1.82) is 0 Å². The molecule has 0 saturated carbocycles. The van der Waals surface area contributed by atoms with Gasteiger partial charge in [-0.3, -0.25) is 4.79 Å². The molecule has 3 aromatic heterocycles. The lowest BCUT2D eigenvalue weighted by molar-refractivity contribution is -0.134. The van der Waals surface area contributed by atoms with Gasteiger partial charge in [0.2, 0.25) is 5.91 Å². The van der Waals surface area contributed by atoms with Gasteiger partial charge in [-0.15, -0.1) is 0 Å². The number of methoxy groups -OCH3 is 1. The molecule has 0 atom stereocenters. The van der Waals surface area contributed by atoms with Crippen molar-refractivity contribution >= 4 is 22.9 Å². The molecule has 5 heterocycles. The Morgan fingerprint density at radius 1 is 1.14 bits per heavy atom. The highest BCUT2D eigenvalue weighted by Gasteiger charge is 2.24. The topological polar surface area (TPSA) is 88.8 Å². The molecule has 9 heteroatoms. The summed E-state index contributed by atoms with van der Waals surface area (Å²) in [4.78, 5) is 30.0. The van der Waals surface area contributed by atoms with Gasteiger partial charge < -0.3 is 14.5 Å². The molecule has 5 rings (SSSR count). The van der Waals surface area contributed by atoms with Crippen LogP contribution in [0.2, 0.25) is 0 Å². The van der Waals surface area contributed by atoms with Crippen LogP contribution in [0.5, 0.6) is 0 Å². The van der Waals surface area contributed by atoms with Crippen LogP contribution in [-0.4, -0.2) is 75.3 Å². The first-order valence-corrected chi connectivity index (χ1v) is 12.4. The molecule has 3 aromatic rings. The molecular weight excluding hydrogens is 442 g/mol. The van der Waals surface area contributed by atoms with Gasteiger partial charge in [-0.25, -0.2) is 19.5 Å². The number of hydrogen-bond acceptors (Lipinski definition) is 7. The lowest BCUT2D eigenvalue weighted by Crippen LogP contribution is -2.36. The number of aryl methyl sites for hydroxylation is 2. The minimum Gasteiger partial charge on any atom is -0.375 e. The number of aromatic nitrogens is 5. The molecule has 35 heavy (non-hydrogen) atoms. The highest BCUT2D eigenvalue weighted by Crippen LogP contribution is 2.28. The fourth-order valence-electron chi connectivity index (χ4n) is 5.08. The van der Waals surface area contributed by atoms with Crippen LogP contribution in [0.15, 0.2) is 30.7 Å². The molecule has 0 bridgehead atoms. The molecule has 0 aliphatic carbocycles. The van der Waals surface area contributed by atoms with E-state index in [1.165, 1.54) is 5.57 Å². The van der Waals surface area contributed by atoms with E-state index >= 15 is 0 Å². The van der Waals surface area contributed by atoms with Gasteiger partial charge in [0.1, 0.15) is 18.8 Å². The van der Waals surface area contributed by atoms with Gasteiger partial charge in [0.25, 0.3) is 0 Å². The van der Waals surface area contributed by atoms with Gasteiger partial charge in [-0.2, -0.15) is 5.10 Å². The number of rotatable bonds is 6. The second-order valence-electron chi connectivity index (χ2n) is 9.63. The van der Waals surface area contributed by atoms with Crippen molar-refractivity contribution in [3.05, 3.63) is 53.4 Å². The normalized spacial score (nSPS) is 17.2.